The molecule has 6 heteroatoms. The second-order valence-electron chi connectivity index (χ2n) is 7.67. The van der Waals surface area contributed by atoms with Gasteiger partial charge in [0.25, 0.3) is 5.56 Å². The summed E-state index contributed by atoms with van der Waals surface area (Å²) >= 11 is 3.40. The van der Waals surface area contributed by atoms with Gasteiger partial charge in [-0.05, 0) is 45.5 Å². The molecule has 0 radical (unpaired) electrons. The molecule has 0 spiro atoms. The Kier molecular flexibility index (Phi) is 5.74. The zero-order valence-corrected chi connectivity index (χ0v) is 16.7. The van der Waals surface area contributed by atoms with Gasteiger partial charge in [0, 0.05) is 6.04 Å². The Morgan fingerprint density at radius 2 is 2.12 bits per heavy atom. The summed E-state index contributed by atoms with van der Waals surface area (Å²) in [6.07, 6.45) is 3.03. The number of hydrogen-bond donors (Lipinski definition) is 1. The molecule has 1 N–H and O–H groups in total. The normalized spacial score (nSPS) is 29.0. The molecule has 1 aliphatic carbocycles. The van der Waals surface area contributed by atoms with Gasteiger partial charge in [0.05, 0.1) is 30.9 Å². The van der Waals surface area contributed by atoms with E-state index in [0.717, 1.165) is 12.1 Å². The largest absolute Gasteiger partial charge is 0.380 e. The number of aromatic nitrogens is 2. The van der Waals surface area contributed by atoms with Crippen LogP contribution in [0.25, 0.3) is 0 Å². The number of nitrogens with zero attached hydrogens (tertiary/aromatic N) is 3. The first-order valence-corrected chi connectivity index (χ1v) is 9.38. The maximum atomic E-state index is 12.4. The van der Waals surface area contributed by atoms with Crippen LogP contribution in [-0.2, 0) is 6.54 Å². The highest BCUT2D eigenvalue weighted by atomic mass is 79.9. The molecule has 1 aromatic rings. The average molecular weight is 395 g/mol. The third-order valence-corrected chi connectivity index (χ3v) is 7.00. The van der Waals surface area contributed by atoms with Gasteiger partial charge in [0.1, 0.15) is 4.47 Å². The molecule has 1 aromatic heterocycles. The number of rotatable bonds is 4. The Hall–Kier alpha value is -1.35. The lowest BCUT2D eigenvalue weighted by Gasteiger charge is -2.50. The maximum Gasteiger partial charge on any atom is 0.283 e. The predicted octanol–water partition coefficient (Wildman–Crippen LogP) is 4.04. The third-order valence-electron chi connectivity index (χ3n) is 6.24. The number of nitrogens with one attached hydrogen (secondary N) is 1. The molecule has 1 saturated carbocycles. The van der Waals surface area contributed by atoms with Gasteiger partial charge < -0.3 is 5.32 Å². The first-order chi connectivity index (χ1) is 11.2. The van der Waals surface area contributed by atoms with Crippen LogP contribution in [0.3, 0.4) is 0 Å². The zero-order valence-electron chi connectivity index (χ0n) is 15.1. The Bertz CT molecular complexity index is 691. The molecule has 0 aromatic carbocycles. The molecule has 0 saturated heterocycles. The fourth-order valence-electron chi connectivity index (χ4n) is 3.65. The van der Waals surface area contributed by atoms with E-state index in [9.17, 15) is 4.79 Å². The number of halogens is 1. The topological polar surface area (TPSA) is 70.7 Å². The van der Waals surface area contributed by atoms with Crippen LogP contribution in [-0.4, -0.2) is 15.8 Å². The van der Waals surface area contributed by atoms with Crippen LogP contribution in [0.1, 0.15) is 47.5 Å². The van der Waals surface area contributed by atoms with Gasteiger partial charge >= 0.3 is 0 Å². The van der Waals surface area contributed by atoms with E-state index in [-0.39, 0.29) is 12.0 Å². The Balaban J connectivity index is 2.21. The van der Waals surface area contributed by atoms with Crippen LogP contribution >= 0.6 is 15.9 Å². The molecule has 132 valence electrons. The van der Waals surface area contributed by atoms with Crippen LogP contribution in [0.15, 0.2) is 15.5 Å². The van der Waals surface area contributed by atoms with Crippen molar-refractivity contribution in [1.29, 1.82) is 5.26 Å². The fraction of sp³-hybridized carbons (Fsp3) is 0.722. The number of anilines is 1. The van der Waals surface area contributed by atoms with Gasteiger partial charge in [0.2, 0.25) is 0 Å². The van der Waals surface area contributed by atoms with Crippen molar-refractivity contribution in [3.05, 3.63) is 21.0 Å². The molecular weight excluding hydrogens is 368 g/mol. The van der Waals surface area contributed by atoms with Gasteiger partial charge in [-0.3, -0.25) is 4.79 Å². The Morgan fingerprint density at radius 1 is 1.46 bits per heavy atom. The third kappa shape index (κ3) is 3.51. The quantitative estimate of drug-likeness (QED) is 0.836. The molecule has 1 fully saturated rings. The molecule has 1 aliphatic rings. The van der Waals surface area contributed by atoms with E-state index < -0.39 is 0 Å². The summed E-state index contributed by atoms with van der Waals surface area (Å²) in [4.78, 5) is 12.4. The van der Waals surface area contributed by atoms with Crippen molar-refractivity contribution in [1.82, 2.24) is 9.78 Å². The summed E-state index contributed by atoms with van der Waals surface area (Å²) in [7, 11) is 0. The highest BCUT2D eigenvalue weighted by Gasteiger charge is 2.43. The van der Waals surface area contributed by atoms with Crippen LogP contribution in [0.5, 0.6) is 0 Å². The molecule has 0 aliphatic heterocycles. The average Bonchev–Trinajstić information content (AvgIpc) is 2.54. The Labute approximate surface area is 152 Å². The summed E-state index contributed by atoms with van der Waals surface area (Å²) in [5.74, 6) is 1.69. The van der Waals surface area contributed by atoms with E-state index >= 15 is 0 Å². The summed E-state index contributed by atoms with van der Waals surface area (Å²) in [5, 5.41) is 16.4. The van der Waals surface area contributed by atoms with Crippen molar-refractivity contribution in [2.24, 2.45) is 23.2 Å². The smallest absolute Gasteiger partial charge is 0.283 e. The molecule has 0 bridgehead atoms. The van der Waals surface area contributed by atoms with Crippen LogP contribution in [0.4, 0.5) is 5.69 Å². The van der Waals surface area contributed by atoms with E-state index in [1.165, 1.54) is 4.68 Å². The second-order valence-corrected chi connectivity index (χ2v) is 8.46. The first-order valence-electron chi connectivity index (χ1n) is 8.59. The lowest BCUT2D eigenvalue weighted by atomic mass is 9.58. The van der Waals surface area contributed by atoms with Crippen LogP contribution < -0.4 is 10.9 Å². The molecule has 24 heavy (non-hydrogen) atoms. The molecule has 4 atom stereocenters. The summed E-state index contributed by atoms with van der Waals surface area (Å²) in [5.41, 5.74) is 0.859. The molecule has 0 amide bonds. The van der Waals surface area contributed by atoms with Gasteiger partial charge in [-0.2, -0.15) is 10.4 Å². The molecule has 0 unspecified atom stereocenters. The van der Waals surface area contributed by atoms with E-state index in [1.54, 1.807) is 6.20 Å². The minimum absolute atomic E-state index is 0.194. The van der Waals surface area contributed by atoms with E-state index in [2.05, 4.69) is 61.0 Å². The summed E-state index contributed by atoms with van der Waals surface area (Å²) in [6.45, 7) is 11.9. The van der Waals surface area contributed by atoms with Gasteiger partial charge in [0.15, 0.2) is 0 Å². The maximum absolute atomic E-state index is 12.4. The van der Waals surface area contributed by atoms with Gasteiger partial charge in [-0.25, -0.2) is 4.68 Å². The van der Waals surface area contributed by atoms with Crippen molar-refractivity contribution in [2.75, 3.05) is 5.32 Å². The summed E-state index contributed by atoms with van der Waals surface area (Å²) in [6, 6.07) is 2.35. The minimum atomic E-state index is -0.194. The van der Waals surface area contributed by atoms with Crippen molar-refractivity contribution < 1.29 is 0 Å². The van der Waals surface area contributed by atoms with E-state index in [4.69, 9.17) is 5.26 Å². The van der Waals surface area contributed by atoms with Gasteiger partial charge in [-0.1, -0.05) is 34.6 Å². The lowest BCUT2D eigenvalue weighted by Crippen LogP contribution is -2.48. The van der Waals surface area contributed by atoms with Crippen LogP contribution in [0.2, 0.25) is 0 Å². The number of aryl methyl sites for hydroxylation is 1. The zero-order chi connectivity index (χ0) is 18.1. The molecule has 1 heterocycles. The monoisotopic (exact) mass is 394 g/mol. The molecular formula is C18H27BrN4O. The van der Waals surface area contributed by atoms with E-state index in [1.807, 2.05) is 6.07 Å². The highest BCUT2D eigenvalue weighted by Crippen LogP contribution is 2.48. The highest BCUT2D eigenvalue weighted by molar-refractivity contribution is 9.10. The first kappa shape index (κ1) is 19.0. The van der Waals surface area contributed by atoms with Crippen LogP contribution in [0, 0.1) is 34.5 Å². The van der Waals surface area contributed by atoms with Crippen molar-refractivity contribution in [3.8, 4) is 6.07 Å². The standard InChI is InChI=1S/C18H27BrN4O/c1-11-9-14(12(2)13(3)18(11,4)5)22-15-10-21-23(8-6-7-20)17(24)16(15)19/h10-14,22H,6,8-9H2,1-5H3/t11-,12+,13+,14+/m0/s1. The SMILES string of the molecule is C[C@@H]1[C@@H](C)C(C)(C)[C@@H](C)C[C@H]1Nc1cnn(CCC#N)c(=O)c1Br. The fourth-order valence-corrected chi connectivity index (χ4v) is 4.07. The minimum Gasteiger partial charge on any atom is -0.380 e. The summed E-state index contributed by atoms with van der Waals surface area (Å²) < 4.78 is 1.82. The van der Waals surface area contributed by atoms with Crippen molar-refractivity contribution >= 4 is 21.6 Å². The second kappa shape index (κ2) is 7.26. The molecule has 5 nitrogen and oxygen atoms in total. The number of hydrogen-bond acceptors (Lipinski definition) is 4. The Morgan fingerprint density at radius 3 is 2.75 bits per heavy atom. The van der Waals surface area contributed by atoms with E-state index in [0.29, 0.717) is 40.2 Å². The van der Waals surface area contributed by atoms with Crippen molar-refractivity contribution in [2.45, 2.75) is 60.0 Å². The number of nitriles is 1. The lowest BCUT2D eigenvalue weighted by molar-refractivity contribution is 0.0316. The van der Waals surface area contributed by atoms with Gasteiger partial charge in [-0.15, -0.1) is 0 Å². The molecule has 2 rings (SSSR count). The predicted molar refractivity (Wildman–Crippen MR) is 99.7 cm³/mol. The van der Waals surface area contributed by atoms with Crippen molar-refractivity contribution in [3.63, 3.8) is 0 Å².